The van der Waals surface area contributed by atoms with Crippen LogP contribution in [0.4, 0.5) is 5.69 Å². The molecular formula is C34H39N5O9. The van der Waals surface area contributed by atoms with E-state index in [-0.39, 0.29) is 49.4 Å². The molecule has 5 amide bonds. The molecule has 254 valence electrons. The van der Waals surface area contributed by atoms with Crippen molar-refractivity contribution in [3.8, 4) is 5.75 Å². The van der Waals surface area contributed by atoms with Crippen molar-refractivity contribution in [1.82, 2.24) is 20.5 Å². The molecule has 2 aromatic carbocycles. The predicted molar refractivity (Wildman–Crippen MR) is 173 cm³/mol. The molecule has 14 nitrogen and oxygen atoms in total. The minimum absolute atomic E-state index is 0.106. The van der Waals surface area contributed by atoms with Crippen LogP contribution in [0.15, 0.2) is 48.5 Å². The molecule has 48 heavy (non-hydrogen) atoms. The Balaban J connectivity index is 1.11. The van der Waals surface area contributed by atoms with Crippen LogP contribution >= 0.6 is 0 Å². The van der Waals surface area contributed by atoms with E-state index in [1.54, 1.807) is 42.5 Å². The van der Waals surface area contributed by atoms with Gasteiger partial charge in [-0.1, -0.05) is 31.2 Å². The van der Waals surface area contributed by atoms with E-state index in [9.17, 15) is 24.0 Å². The number of piperidine rings is 1. The molecule has 0 spiro atoms. The first-order valence-corrected chi connectivity index (χ1v) is 16.0. The van der Waals surface area contributed by atoms with E-state index < -0.39 is 17.9 Å². The van der Waals surface area contributed by atoms with E-state index >= 15 is 0 Å². The Morgan fingerprint density at radius 3 is 2.50 bits per heavy atom. The molecule has 14 heteroatoms. The normalized spacial score (nSPS) is 15.7. The molecule has 0 saturated carbocycles. The maximum atomic E-state index is 13.2. The van der Waals surface area contributed by atoms with Gasteiger partial charge in [0.15, 0.2) is 6.61 Å². The molecule has 0 bridgehead atoms. The Bertz CT molecular complexity index is 1660. The summed E-state index contributed by atoms with van der Waals surface area (Å²) in [4.78, 5) is 68.5. The first-order chi connectivity index (χ1) is 23.3. The van der Waals surface area contributed by atoms with E-state index in [1.807, 2.05) is 13.0 Å². The van der Waals surface area contributed by atoms with Crippen molar-refractivity contribution >= 4 is 46.1 Å². The highest BCUT2D eigenvalue weighted by molar-refractivity contribution is 6.07. The van der Waals surface area contributed by atoms with Gasteiger partial charge in [0.05, 0.1) is 33.0 Å². The molecule has 1 aromatic heterocycles. The zero-order valence-corrected chi connectivity index (χ0v) is 26.8. The Labute approximate surface area is 277 Å². The van der Waals surface area contributed by atoms with E-state index in [0.717, 1.165) is 18.6 Å². The number of carbonyl (C=O) groups is 5. The first-order valence-electron chi connectivity index (χ1n) is 16.0. The fourth-order valence-corrected chi connectivity index (χ4v) is 5.33. The van der Waals surface area contributed by atoms with Gasteiger partial charge in [0.1, 0.15) is 23.0 Å². The summed E-state index contributed by atoms with van der Waals surface area (Å²) in [7, 11) is 0. The smallest absolute Gasteiger partial charge is 0.274 e. The largest absolute Gasteiger partial charge is 0.481 e. The van der Waals surface area contributed by atoms with E-state index in [0.29, 0.717) is 67.5 Å². The standard InChI is InChI=1S/C34H39N5O9/c1-2-13-45-15-17-47-18-16-46-14-12-35-30(41)21-48-28-5-3-4-22-7-9-26(37-31(22)28)32(42)36-24-8-6-23-20-39(34(44)25(23)19-24)27-10-11-29(40)38-33(27)43/h3-9,19,27H,2,10-18,20-21H2,1H3,(H,35,41)(H,36,42)(H,38,40,43). The number of carbonyl (C=O) groups excluding carboxylic acids is 5. The number of nitrogens with zero attached hydrogens (tertiary/aromatic N) is 2. The number of rotatable bonds is 17. The number of benzene rings is 2. The fourth-order valence-electron chi connectivity index (χ4n) is 5.33. The average molecular weight is 662 g/mol. The van der Waals surface area contributed by atoms with Crippen LogP contribution in [-0.4, -0.2) is 98.3 Å². The fraction of sp³-hybridized carbons (Fsp3) is 0.412. The Morgan fingerprint density at radius 1 is 0.958 bits per heavy atom. The number of aromatic nitrogens is 1. The van der Waals surface area contributed by atoms with Crippen molar-refractivity contribution in [3.63, 3.8) is 0 Å². The van der Waals surface area contributed by atoms with Crippen LogP contribution in [0.3, 0.4) is 0 Å². The molecule has 1 saturated heterocycles. The number of fused-ring (bicyclic) bond motifs is 2. The molecule has 3 aromatic rings. The Kier molecular flexibility index (Phi) is 12.0. The monoisotopic (exact) mass is 661 g/mol. The SMILES string of the molecule is CCCOCCOCCOCCNC(=O)COc1cccc2ccc(C(=O)Nc3ccc4c(c3)C(=O)N(C3CCC(=O)NC3=O)C4)nc12. The van der Waals surface area contributed by atoms with Crippen LogP contribution in [-0.2, 0) is 35.1 Å². The lowest BCUT2D eigenvalue weighted by Gasteiger charge is -2.29. The number of hydrogen-bond acceptors (Lipinski definition) is 10. The number of pyridine rings is 1. The van der Waals surface area contributed by atoms with Gasteiger partial charge < -0.3 is 34.5 Å². The summed E-state index contributed by atoms with van der Waals surface area (Å²) in [5.41, 5.74) is 2.00. The van der Waals surface area contributed by atoms with E-state index in [2.05, 4.69) is 20.9 Å². The molecule has 2 aliphatic rings. The minimum Gasteiger partial charge on any atom is -0.481 e. The minimum atomic E-state index is -0.726. The second kappa shape index (κ2) is 16.8. The molecular weight excluding hydrogens is 622 g/mol. The summed E-state index contributed by atoms with van der Waals surface area (Å²) < 4.78 is 22.0. The molecule has 3 N–H and O–H groups in total. The maximum Gasteiger partial charge on any atom is 0.274 e. The summed E-state index contributed by atoms with van der Waals surface area (Å²) in [5, 5.41) is 8.52. The van der Waals surface area contributed by atoms with Crippen LogP contribution in [0.25, 0.3) is 10.9 Å². The van der Waals surface area contributed by atoms with Crippen LogP contribution < -0.4 is 20.7 Å². The zero-order valence-electron chi connectivity index (χ0n) is 26.8. The van der Waals surface area contributed by atoms with Gasteiger partial charge in [-0.05, 0) is 42.7 Å². The third kappa shape index (κ3) is 8.91. The van der Waals surface area contributed by atoms with Gasteiger partial charge in [-0.25, -0.2) is 4.98 Å². The second-order valence-corrected chi connectivity index (χ2v) is 11.2. The third-order valence-corrected chi connectivity index (χ3v) is 7.72. The van der Waals surface area contributed by atoms with Gasteiger partial charge in [-0.3, -0.25) is 29.3 Å². The number of ether oxygens (including phenoxy) is 4. The second-order valence-electron chi connectivity index (χ2n) is 11.2. The van der Waals surface area contributed by atoms with Crippen LogP contribution in [0.5, 0.6) is 5.75 Å². The number of amides is 5. The van der Waals surface area contributed by atoms with Crippen molar-refractivity contribution in [1.29, 1.82) is 0 Å². The van der Waals surface area contributed by atoms with Crippen molar-refractivity contribution in [3.05, 3.63) is 65.4 Å². The quantitative estimate of drug-likeness (QED) is 0.144. The van der Waals surface area contributed by atoms with Crippen LogP contribution in [0.1, 0.15) is 52.6 Å². The summed E-state index contributed by atoms with van der Waals surface area (Å²) in [6.45, 7) is 5.30. The number of hydrogen-bond donors (Lipinski definition) is 3. The summed E-state index contributed by atoms with van der Waals surface area (Å²) >= 11 is 0. The van der Waals surface area contributed by atoms with E-state index in [1.165, 1.54) is 4.90 Å². The average Bonchev–Trinajstić information content (AvgIpc) is 3.40. The highest BCUT2D eigenvalue weighted by Crippen LogP contribution is 2.30. The van der Waals surface area contributed by atoms with Gasteiger partial charge in [0, 0.05) is 42.8 Å². The number of anilines is 1. The van der Waals surface area contributed by atoms with E-state index in [4.69, 9.17) is 18.9 Å². The Morgan fingerprint density at radius 2 is 1.73 bits per heavy atom. The van der Waals surface area contributed by atoms with Crippen molar-refractivity contribution in [2.24, 2.45) is 0 Å². The lowest BCUT2D eigenvalue weighted by Crippen LogP contribution is -2.52. The van der Waals surface area contributed by atoms with Crippen molar-refractivity contribution < 1.29 is 42.9 Å². The molecule has 0 radical (unpaired) electrons. The molecule has 0 aliphatic carbocycles. The van der Waals surface area contributed by atoms with Crippen LogP contribution in [0.2, 0.25) is 0 Å². The number of nitrogens with one attached hydrogen (secondary N) is 3. The molecule has 1 unspecified atom stereocenters. The number of imide groups is 1. The highest BCUT2D eigenvalue weighted by Gasteiger charge is 2.39. The summed E-state index contributed by atoms with van der Waals surface area (Å²) in [5.74, 6) is -1.68. The maximum absolute atomic E-state index is 13.2. The molecule has 5 rings (SSSR count). The van der Waals surface area contributed by atoms with Gasteiger partial charge in [-0.15, -0.1) is 0 Å². The molecule has 2 aliphatic heterocycles. The van der Waals surface area contributed by atoms with Gasteiger partial charge in [0.25, 0.3) is 17.7 Å². The Hall–Kier alpha value is -4.92. The number of para-hydroxylation sites is 1. The van der Waals surface area contributed by atoms with Gasteiger partial charge >= 0.3 is 0 Å². The predicted octanol–water partition coefficient (Wildman–Crippen LogP) is 2.20. The van der Waals surface area contributed by atoms with Crippen molar-refractivity contribution in [2.75, 3.05) is 58.1 Å². The zero-order chi connectivity index (χ0) is 33.9. The topological polar surface area (TPSA) is 174 Å². The molecule has 1 fully saturated rings. The van der Waals surface area contributed by atoms with Gasteiger partial charge in [-0.2, -0.15) is 0 Å². The molecule has 1 atom stereocenters. The van der Waals surface area contributed by atoms with Crippen LogP contribution in [0, 0.1) is 0 Å². The lowest BCUT2D eigenvalue weighted by atomic mass is 10.0. The first kappa shape index (κ1) is 34.4. The molecule has 3 heterocycles. The highest BCUT2D eigenvalue weighted by atomic mass is 16.5. The summed E-state index contributed by atoms with van der Waals surface area (Å²) in [6, 6.07) is 12.8. The summed E-state index contributed by atoms with van der Waals surface area (Å²) in [6.07, 6.45) is 1.40. The lowest BCUT2D eigenvalue weighted by molar-refractivity contribution is -0.137. The van der Waals surface area contributed by atoms with Gasteiger partial charge in [0.2, 0.25) is 11.8 Å². The third-order valence-electron chi connectivity index (χ3n) is 7.72. The van der Waals surface area contributed by atoms with Crippen molar-refractivity contribution in [2.45, 2.75) is 38.8 Å².